The topological polar surface area (TPSA) is 71.5 Å². The maximum absolute atomic E-state index is 11.8. The second-order valence-electron chi connectivity index (χ2n) is 4.29. The normalized spacial score (nSPS) is 14.5. The van der Waals surface area contributed by atoms with E-state index in [-0.39, 0.29) is 5.91 Å². The smallest absolute Gasteiger partial charge is 0.349 e. The van der Waals surface area contributed by atoms with Gasteiger partial charge in [0.25, 0.3) is 0 Å². The molecule has 0 saturated carbocycles. The van der Waals surface area contributed by atoms with E-state index in [1.807, 2.05) is 4.90 Å². The van der Waals surface area contributed by atoms with Crippen LogP contribution in [0.3, 0.4) is 0 Å². The Morgan fingerprint density at radius 3 is 2.89 bits per heavy atom. The number of likely N-dealkylation sites (tertiary alicyclic amines) is 1. The Balaban J connectivity index is 1.74. The molecule has 0 bridgehead atoms. The van der Waals surface area contributed by atoms with E-state index in [4.69, 9.17) is 0 Å². The fraction of sp³-hybridized carbons (Fsp3) is 0.583. The molecule has 7 heteroatoms. The first-order chi connectivity index (χ1) is 9.20. The van der Waals surface area contributed by atoms with Crippen LogP contribution >= 0.6 is 11.3 Å². The Hall–Kier alpha value is -1.63. The molecule has 2 rings (SSSR count). The van der Waals surface area contributed by atoms with Crippen molar-refractivity contribution in [2.45, 2.75) is 19.3 Å². The predicted molar refractivity (Wildman–Crippen MR) is 72.4 cm³/mol. The van der Waals surface area contributed by atoms with Gasteiger partial charge in [-0.2, -0.15) is 0 Å². The number of thiazole rings is 1. The van der Waals surface area contributed by atoms with E-state index in [0.29, 0.717) is 23.0 Å². The summed E-state index contributed by atoms with van der Waals surface area (Å²) >= 11 is 1.23. The predicted octanol–water partition coefficient (Wildman–Crippen LogP) is 1.35. The molecule has 2 heterocycles. The standard InChI is InChI=1S/C12H17N3O3S/c1-18-11(17)9-8-14-12(19-9)13-5-4-10(16)15-6-2-3-7-15/h8H,2-7H2,1H3,(H,13,14). The number of carbonyl (C=O) groups is 2. The van der Waals surface area contributed by atoms with Crippen molar-refractivity contribution in [3.8, 4) is 0 Å². The minimum Gasteiger partial charge on any atom is -0.465 e. The maximum Gasteiger partial charge on any atom is 0.349 e. The highest BCUT2D eigenvalue weighted by Gasteiger charge is 2.17. The van der Waals surface area contributed by atoms with Crippen LogP contribution in [0.25, 0.3) is 0 Å². The van der Waals surface area contributed by atoms with E-state index in [2.05, 4.69) is 15.0 Å². The van der Waals surface area contributed by atoms with Gasteiger partial charge in [0.2, 0.25) is 5.91 Å². The van der Waals surface area contributed by atoms with Crippen LogP contribution in [0.15, 0.2) is 6.20 Å². The molecule has 0 spiro atoms. The number of hydrogen-bond acceptors (Lipinski definition) is 6. The molecule has 0 unspecified atom stereocenters. The van der Waals surface area contributed by atoms with Crippen molar-refractivity contribution < 1.29 is 14.3 Å². The van der Waals surface area contributed by atoms with Crippen LogP contribution in [-0.4, -0.2) is 48.5 Å². The number of ether oxygens (including phenoxy) is 1. The van der Waals surface area contributed by atoms with Crippen molar-refractivity contribution >= 4 is 28.3 Å². The van der Waals surface area contributed by atoms with Crippen molar-refractivity contribution in [2.75, 3.05) is 32.1 Å². The molecule has 1 aromatic heterocycles. The zero-order chi connectivity index (χ0) is 13.7. The highest BCUT2D eigenvalue weighted by Crippen LogP contribution is 2.18. The van der Waals surface area contributed by atoms with E-state index in [1.165, 1.54) is 24.6 Å². The summed E-state index contributed by atoms with van der Waals surface area (Å²) in [5, 5.41) is 3.68. The molecular weight excluding hydrogens is 266 g/mol. The van der Waals surface area contributed by atoms with Gasteiger partial charge in [-0.15, -0.1) is 0 Å². The van der Waals surface area contributed by atoms with Crippen molar-refractivity contribution in [2.24, 2.45) is 0 Å². The first kappa shape index (κ1) is 13.8. The number of anilines is 1. The fourth-order valence-electron chi connectivity index (χ4n) is 1.95. The van der Waals surface area contributed by atoms with Crippen molar-refractivity contribution in [1.82, 2.24) is 9.88 Å². The number of hydrogen-bond donors (Lipinski definition) is 1. The van der Waals surface area contributed by atoms with Crippen LogP contribution in [0.5, 0.6) is 0 Å². The molecule has 0 aromatic carbocycles. The number of esters is 1. The van der Waals surface area contributed by atoms with E-state index in [9.17, 15) is 9.59 Å². The van der Waals surface area contributed by atoms with Gasteiger partial charge in [0.1, 0.15) is 4.88 Å². The van der Waals surface area contributed by atoms with E-state index in [1.54, 1.807) is 0 Å². The molecule has 0 aliphatic carbocycles. The van der Waals surface area contributed by atoms with Gasteiger partial charge >= 0.3 is 5.97 Å². The number of amides is 1. The molecule has 1 N–H and O–H groups in total. The van der Waals surface area contributed by atoms with Gasteiger partial charge in [0.15, 0.2) is 5.13 Å². The summed E-state index contributed by atoms with van der Waals surface area (Å²) in [5.74, 6) is -0.214. The van der Waals surface area contributed by atoms with Crippen molar-refractivity contribution in [3.63, 3.8) is 0 Å². The molecule has 0 radical (unpaired) electrons. The SMILES string of the molecule is COC(=O)c1cnc(NCCC(=O)N2CCCC2)s1. The quantitative estimate of drug-likeness (QED) is 0.826. The summed E-state index contributed by atoms with van der Waals surface area (Å²) < 4.78 is 4.60. The van der Waals surface area contributed by atoms with Gasteiger partial charge in [-0.1, -0.05) is 11.3 Å². The first-order valence-electron chi connectivity index (χ1n) is 6.26. The average molecular weight is 283 g/mol. The monoisotopic (exact) mass is 283 g/mol. The summed E-state index contributed by atoms with van der Waals surface area (Å²) in [7, 11) is 1.34. The van der Waals surface area contributed by atoms with Gasteiger partial charge < -0.3 is 15.0 Å². The van der Waals surface area contributed by atoms with E-state index >= 15 is 0 Å². The Kier molecular flexibility index (Phi) is 4.73. The van der Waals surface area contributed by atoms with Crippen LogP contribution in [0.2, 0.25) is 0 Å². The van der Waals surface area contributed by atoms with Gasteiger partial charge in [-0.05, 0) is 12.8 Å². The van der Waals surface area contributed by atoms with Crippen molar-refractivity contribution in [1.29, 1.82) is 0 Å². The third-order valence-electron chi connectivity index (χ3n) is 2.97. The fourth-order valence-corrected chi connectivity index (χ4v) is 2.71. The molecule has 1 aliphatic rings. The zero-order valence-corrected chi connectivity index (χ0v) is 11.7. The molecule has 1 fully saturated rings. The summed E-state index contributed by atoms with van der Waals surface area (Å²) in [6.45, 7) is 2.29. The summed E-state index contributed by atoms with van der Waals surface area (Å²) in [5.41, 5.74) is 0. The van der Waals surface area contributed by atoms with Crippen LogP contribution in [-0.2, 0) is 9.53 Å². The number of aromatic nitrogens is 1. The summed E-state index contributed by atoms with van der Waals surface area (Å²) in [6, 6.07) is 0. The molecule has 1 saturated heterocycles. The lowest BCUT2D eigenvalue weighted by atomic mass is 10.3. The van der Waals surface area contributed by atoms with Crippen LogP contribution in [0, 0.1) is 0 Å². The first-order valence-corrected chi connectivity index (χ1v) is 7.08. The largest absolute Gasteiger partial charge is 0.465 e. The van der Waals surface area contributed by atoms with Gasteiger partial charge in [-0.25, -0.2) is 9.78 Å². The number of methoxy groups -OCH3 is 1. The van der Waals surface area contributed by atoms with Gasteiger partial charge in [0, 0.05) is 26.1 Å². The zero-order valence-electron chi connectivity index (χ0n) is 10.8. The number of nitrogens with zero attached hydrogens (tertiary/aromatic N) is 2. The van der Waals surface area contributed by atoms with Crippen LogP contribution in [0.1, 0.15) is 28.9 Å². The number of carbonyl (C=O) groups excluding carboxylic acids is 2. The third-order valence-corrected chi connectivity index (χ3v) is 3.90. The van der Waals surface area contributed by atoms with Crippen LogP contribution in [0.4, 0.5) is 5.13 Å². The van der Waals surface area contributed by atoms with Crippen LogP contribution < -0.4 is 5.32 Å². The second kappa shape index (κ2) is 6.51. The highest BCUT2D eigenvalue weighted by molar-refractivity contribution is 7.17. The lowest BCUT2D eigenvalue weighted by molar-refractivity contribution is -0.129. The minimum atomic E-state index is -0.390. The maximum atomic E-state index is 11.8. The Bertz CT molecular complexity index is 455. The second-order valence-corrected chi connectivity index (χ2v) is 5.32. The van der Waals surface area contributed by atoms with E-state index in [0.717, 1.165) is 25.9 Å². The summed E-state index contributed by atoms with van der Waals surface area (Å²) in [6.07, 6.45) is 4.14. The third kappa shape index (κ3) is 3.66. The Morgan fingerprint density at radius 2 is 2.21 bits per heavy atom. The lowest BCUT2D eigenvalue weighted by Gasteiger charge is -2.14. The molecule has 1 aliphatic heterocycles. The Labute approximate surface area is 115 Å². The molecule has 1 amide bonds. The van der Waals surface area contributed by atoms with Gasteiger partial charge in [-0.3, -0.25) is 4.79 Å². The van der Waals surface area contributed by atoms with Gasteiger partial charge in [0.05, 0.1) is 13.3 Å². The molecule has 6 nitrogen and oxygen atoms in total. The molecule has 1 aromatic rings. The highest BCUT2D eigenvalue weighted by atomic mass is 32.1. The molecular formula is C12H17N3O3S. The molecule has 19 heavy (non-hydrogen) atoms. The summed E-state index contributed by atoms with van der Waals surface area (Å²) in [4.78, 5) is 29.4. The number of rotatable bonds is 5. The van der Waals surface area contributed by atoms with Crippen molar-refractivity contribution in [3.05, 3.63) is 11.1 Å². The number of nitrogens with one attached hydrogen (secondary N) is 1. The Morgan fingerprint density at radius 1 is 1.47 bits per heavy atom. The van der Waals surface area contributed by atoms with E-state index < -0.39 is 5.97 Å². The molecule has 104 valence electrons. The average Bonchev–Trinajstić information content (AvgIpc) is 3.08. The molecule has 0 atom stereocenters. The minimum absolute atomic E-state index is 0.176. The lowest BCUT2D eigenvalue weighted by Crippen LogP contribution is -2.29.